The molecule has 0 fully saturated rings. The number of carbonyl (C=O) groups is 1. The van der Waals surface area contributed by atoms with Crippen LogP contribution in [0.5, 0.6) is 0 Å². The molecule has 2 rings (SSSR count). The molecule has 0 aliphatic rings. The fourth-order valence-corrected chi connectivity index (χ4v) is 2.25. The number of nitrogens with one attached hydrogen (secondary N) is 2. The predicted octanol–water partition coefficient (Wildman–Crippen LogP) is 3.34. The minimum Gasteiger partial charge on any atom is -0.332 e. The summed E-state index contributed by atoms with van der Waals surface area (Å²) in [5, 5.41) is 16.5. The Balaban J connectivity index is 2.07. The Morgan fingerprint density at radius 2 is 1.83 bits per heavy atom. The highest BCUT2D eigenvalue weighted by atomic mass is 32.1. The minimum absolute atomic E-state index is 0.0258. The van der Waals surface area contributed by atoms with Crippen LogP contribution in [-0.2, 0) is 0 Å². The number of nitrogens with zero attached hydrogens (tertiary/aromatic N) is 1. The molecule has 0 aromatic heterocycles. The molecule has 7 heteroatoms. The smallest absolute Gasteiger partial charge is 0.272 e. The van der Waals surface area contributed by atoms with Gasteiger partial charge in [0.15, 0.2) is 5.11 Å². The van der Waals surface area contributed by atoms with Crippen molar-refractivity contribution < 1.29 is 9.72 Å². The Kier molecular flexibility index (Phi) is 5.02. The zero-order chi connectivity index (χ0) is 17.0. The van der Waals surface area contributed by atoms with E-state index in [1.807, 2.05) is 31.2 Å². The van der Waals surface area contributed by atoms with Gasteiger partial charge in [-0.05, 0) is 49.8 Å². The van der Waals surface area contributed by atoms with Crippen molar-refractivity contribution in [1.82, 2.24) is 5.32 Å². The molecule has 0 aliphatic carbocycles. The molecule has 0 heterocycles. The van der Waals surface area contributed by atoms with E-state index in [1.165, 1.54) is 18.2 Å². The molecule has 0 aliphatic heterocycles. The summed E-state index contributed by atoms with van der Waals surface area (Å²) in [7, 11) is 0. The van der Waals surface area contributed by atoms with Gasteiger partial charge in [-0.15, -0.1) is 0 Å². The molecule has 0 radical (unpaired) electrons. The van der Waals surface area contributed by atoms with Gasteiger partial charge in [0, 0.05) is 22.9 Å². The van der Waals surface area contributed by atoms with E-state index in [0.29, 0.717) is 11.1 Å². The van der Waals surface area contributed by atoms with Crippen LogP contribution < -0.4 is 10.6 Å². The largest absolute Gasteiger partial charge is 0.332 e. The van der Waals surface area contributed by atoms with E-state index in [9.17, 15) is 14.9 Å². The standard InChI is InChI=1S/C16H15N3O3S/c1-10-5-3-4-6-13(10)17-16(23)18-15(20)12-7-8-14(19(21)22)11(2)9-12/h3-9H,1-2H3,(H2,17,18,20,23). The zero-order valence-electron chi connectivity index (χ0n) is 12.6. The maximum absolute atomic E-state index is 12.2. The Bertz CT molecular complexity index is 790. The molecular weight excluding hydrogens is 314 g/mol. The summed E-state index contributed by atoms with van der Waals surface area (Å²) in [5.74, 6) is -0.422. The molecule has 2 aromatic carbocycles. The second-order valence-corrected chi connectivity index (χ2v) is 5.39. The molecule has 0 unspecified atom stereocenters. The number of hydrogen-bond acceptors (Lipinski definition) is 4. The normalized spacial score (nSPS) is 10.0. The lowest BCUT2D eigenvalue weighted by Gasteiger charge is -2.11. The number of amides is 1. The van der Waals surface area contributed by atoms with E-state index in [4.69, 9.17) is 12.2 Å². The van der Waals surface area contributed by atoms with E-state index in [0.717, 1.165) is 11.3 Å². The maximum Gasteiger partial charge on any atom is 0.272 e. The lowest BCUT2D eigenvalue weighted by Crippen LogP contribution is -2.34. The van der Waals surface area contributed by atoms with Crippen molar-refractivity contribution in [2.24, 2.45) is 0 Å². The van der Waals surface area contributed by atoms with Gasteiger partial charge in [0.25, 0.3) is 11.6 Å². The van der Waals surface area contributed by atoms with Gasteiger partial charge < -0.3 is 5.32 Å². The predicted molar refractivity (Wildman–Crippen MR) is 92.7 cm³/mol. The van der Waals surface area contributed by atoms with Gasteiger partial charge in [-0.1, -0.05) is 18.2 Å². The minimum atomic E-state index is -0.485. The maximum atomic E-state index is 12.2. The number of aryl methyl sites for hydroxylation is 2. The molecule has 0 saturated heterocycles. The molecule has 0 bridgehead atoms. The summed E-state index contributed by atoms with van der Waals surface area (Å²) < 4.78 is 0. The van der Waals surface area contributed by atoms with Gasteiger partial charge in [0.2, 0.25) is 0 Å². The van der Waals surface area contributed by atoms with Gasteiger partial charge in [-0.3, -0.25) is 20.2 Å². The van der Waals surface area contributed by atoms with E-state index in [1.54, 1.807) is 6.92 Å². The van der Waals surface area contributed by atoms with Crippen LogP contribution in [0.2, 0.25) is 0 Å². The zero-order valence-corrected chi connectivity index (χ0v) is 13.4. The SMILES string of the molecule is Cc1ccccc1NC(=S)NC(=O)c1ccc([N+](=O)[O-])c(C)c1. The number of nitro groups is 1. The molecule has 0 atom stereocenters. The van der Waals surface area contributed by atoms with Crippen molar-refractivity contribution in [1.29, 1.82) is 0 Å². The first-order valence-corrected chi connectivity index (χ1v) is 7.22. The summed E-state index contributed by atoms with van der Waals surface area (Å²) in [5.41, 5.74) is 2.50. The third-order valence-electron chi connectivity index (χ3n) is 3.28. The first-order valence-electron chi connectivity index (χ1n) is 6.81. The Hall–Kier alpha value is -2.80. The van der Waals surface area contributed by atoms with Crippen molar-refractivity contribution >= 4 is 34.6 Å². The summed E-state index contributed by atoms with van der Waals surface area (Å²) in [6.45, 7) is 3.51. The molecule has 6 nitrogen and oxygen atoms in total. The number of hydrogen-bond donors (Lipinski definition) is 2. The van der Waals surface area contributed by atoms with Crippen molar-refractivity contribution in [3.05, 3.63) is 69.3 Å². The van der Waals surface area contributed by atoms with Gasteiger partial charge in [-0.2, -0.15) is 0 Å². The van der Waals surface area contributed by atoms with E-state index in [-0.39, 0.29) is 10.8 Å². The first-order chi connectivity index (χ1) is 10.9. The number of thiocarbonyl (C=S) groups is 1. The molecule has 0 spiro atoms. The number of nitro benzene ring substituents is 1. The van der Waals surface area contributed by atoms with E-state index in [2.05, 4.69) is 10.6 Å². The number of para-hydroxylation sites is 1. The molecule has 0 saturated carbocycles. The van der Waals surface area contributed by atoms with Gasteiger partial charge in [0.05, 0.1) is 4.92 Å². The number of rotatable bonds is 3. The fourth-order valence-electron chi connectivity index (χ4n) is 2.04. The number of anilines is 1. The Labute approximate surface area is 138 Å². The highest BCUT2D eigenvalue weighted by molar-refractivity contribution is 7.80. The van der Waals surface area contributed by atoms with Crippen molar-refractivity contribution in [3.8, 4) is 0 Å². The van der Waals surface area contributed by atoms with Crippen LogP contribution in [0.25, 0.3) is 0 Å². The third kappa shape index (κ3) is 4.10. The third-order valence-corrected chi connectivity index (χ3v) is 3.48. The van der Waals surface area contributed by atoms with Gasteiger partial charge >= 0.3 is 0 Å². The van der Waals surface area contributed by atoms with Crippen LogP contribution >= 0.6 is 12.2 Å². The van der Waals surface area contributed by atoms with E-state index >= 15 is 0 Å². The number of benzene rings is 2. The fraction of sp³-hybridized carbons (Fsp3) is 0.125. The van der Waals surface area contributed by atoms with Gasteiger partial charge in [0.1, 0.15) is 0 Å². The monoisotopic (exact) mass is 329 g/mol. The van der Waals surface area contributed by atoms with Crippen LogP contribution in [-0.4, -0.2) is 15.9 Å². The van der Waals surface area contributed by atoms with E-state index < -0.39 is 10.8 Å². The quantitative estimate of drug-likeness (QED) is 0.512. The summed E-state index contributed by atoms with van der Waals surface area (Å²) in [4.78, 5) is 22.5. The van der Waals surface area contributed by atoms with Crippen LogP contribution in [0.3, 0.4) is 0 Å². The van der Waals surface area contributed by atoms with Crippen LogP contribution in [0.1, 0.15) is 21.5 Å². The lowest BCUT2D eigenvalue weighted by atomic mass is 10.1. The van der Waals surface area contributed by atoms with Crippen LogP contribution in [0, 0.1) is 24.0 Å². The summed E-state index contributed by atoms with van der Waals surface area (Å²) in [6.07, 6.45) is 0. The molecule has 23 heavy (non-hydrogen) atoms. The van der Waals surface area contributed by atoms with Crippen molar-refractivity contribution in [3.63, 3.8) is 0 Å². The lowest BCUT2D eigenvalue weighted by molar-refractivity contribution is -0.385. The topological polar surface area (TPSA) is 84.3 Å². The Morgan fingerprint density at radius 3 is 2.43 bits per heavy atom. The van der Waals surface area contributed by atoms with Gasteiger partial charge in [-0.25, -0.2) is 0 Å². The Morgan fingerprint density at radius 1 is 1.13 bits per heavy atom. The molecular formula is C16H15N3O3S. The molecule has 2 N–H and O–H groups in total. The molecule has 118 valence electrons. The first kappa shape index (κ1) is 16.6. The summed E-state index contributed by atoms with van der Waals surface area (Å²) in [6, 6.07) is 11.7. The average molecular weight is 329 g/mol. The second-order valence-electron chi connectivity index (χ2n) is 4.98. The number of carbonyl (C=O) groups excluding carboxylic acids is 1. The second kappa shape index (κ2) is 6.97. The highest BCUT2D eigenvalue weighted by Crippen LogP contribution is 2.19. The average Bonchev–Trinajstić information content (AvgIpc) is 2.49. The van der Waals surface area contributed by atoms with Crippen LogP contribution in [0.15, 0.2) is 42.5 Å². The molecule has 1 amide bonds. The van der Waals surface area contributed by atoms with Crippen molar-refractivity contribution in [2.75, 3.05) is 5.32 Å². The highest BCUT2D eigenvalue weighted by Gasteiger charge is 2.14. The van der Waals surface area contributed by atoms with Crippen molar-refractivity contribution in [2.45, 2.75) is 13.8 Å². The molecule has 2 aromatic rings. The summed E-state index contributed by atoms with van der Waals surface area (Å²) >= 11 is 5.12. The van der Waals surface area contributed by atoms with Crippen LogP contribution in [0.4, 0.5) is 11.4 Å².